The molecule has 0 saturated heterocycles. The number of aliphatic imine (C=N–C) groups is 2. The van der Waals surface area contributed by atoms with Gasteiger partial charge in [-0.05, 0) is 18.8 Å². The molecule has 1 rings (SSSR count). The highest BCUT2D eigenvalue weighted by atomic mass is 16.2. The molecule has 0 unspecified atom stereocenters. The third-order valence-electron chi connectivity index (χ3n) is 3.50. The molecule has 0 radical (unpaired) electrons. The summed E-state index contributed by atoms with van der Waals surface area (Å²) in [7, 11) is 0. The number of hydrogen-bond donors (Lipinski definition) is 2. The Hall–Kier alpha value is -1.39. The van der Waals surface area contributed by atoms with E-state index in [1.54, 1.807) is 0 Å². The maximum atomic E-state index is 12.2. The van der Waals surface area contributed by atoms with Crippen molar-refractivity contribution in [3.05, 3.63) is 0 Å². The fourth-order valence-electron chi connectivity index (χ4n) is 2.58. The van der Waals surface area contributed by atoms with E-state index in [2.05, 4.69) is 16.9 Å². The van der Waals surface area contributed by atoms with Crippen LogP contribution in [0.15, 0.2) is 9.98 Å². The summed E-state index contributed by atoms with van der Waals surface area (Å²) in [6, 6.07) is 0. The number of amides is 1. The van der Waals surface area contributed by atoms with Crippen LogP contribution in [-0.4, -0.2) is 17.7 Å². The van der Waals surface area contributed by atoms with Crippen LogP contribution in [0.4, 0.5) is 0 Å². The van der Waals surface area contributed by atoms with E-state index in [0.29, 0.717) is 12.3 Å². The van der Waals surface area contributed by atoms with Crippen molar-refractivity contribution in [1.29, 1.82) is 0 Å². The number of carbonyl (C=O) groups excluding carboxylic acids is 1. The zero-order valence-corrected chi connectivity index (χ0v) is 10.9. The van der Waals surface area contributed by atoms with Crippen molar-refractivity contribution >= 4 is 17.7 Å². The molecule has 4 N–H and O–H groups in total. The lowest BCUT2D eigenvalue weighted by Gasteiger charge is -2.37. The van der Waals surface area contributed by atoms with E-state index >= 15 is 0 Å². The van der Waals surface area contributed by atoms with Crippen LogP contribution in [0.3, 0.4) is 0 Å². The fourth-order valence-corrected chi connectivity index (χ4v) is 2.58. The van der Waals surface area contributed by atoms with E-state index in [0.717, 1.165) is 19.3 Å². The number of nitrogens with two attached hydrogens (primary N) is 2. The summed E-state index contributed by atoms with van der Waals surface area (Å²) in [5, 5.41) is 0. The van der Waals surface area contributed by atoms with Gasteiger partial charge in [0.05, 0.1) is 0 Å². The maximum absolute atomic E-state index is 12.2. The van der Waals surface area contributed by atoms with Crippen LogP contribution in [0.1, 0.15) is 46.5 Å². The van der Waals surface area contributed by atoms with Crippen LogP contribution in [0.25, 0.3) is 0 Å². The summed E-state index contributed by atoms with van der Waals surface area (Å²) in [4.78, 5) is 20.0. The molecule has 1 aliphatic rings. The SMILES string of the molecule is CCC[C@@H](C)[C@@]1(CCC)C(=O)N=C(N)N=C1N. The van der Waals surface area contributed by atoms with E-state index in [-0.39, 0.29) is 17.8 Å². The first-order valence-electron chi connectivity index (χ1n) is 6.22. The monoisotopic (exact) mass is 238 g/mol. The van der Waals surface area contributed by atoms with Crippen molar-refractivity contribution in [3.63, 3.8) is 0 Å². The predicted octanol–water partition coefficient (Wildman–Crippen LogP) is 1.42. The van der Waals surface area contributed by atoms with Crippen LogP contribution in [0.2, 0.25) is 0 Å². The molecule has 1 aliphatic heterocycles. The molecule has 2 atom stereocenters. The van der Waals surface area contributed by atoms with E-state index in [4.69, 9.17) is 11.5 Å². The van der Waals surface area contributed by atoms with Crippen LogP contribution in [0, 0.1) is 11.3 Å². The Labute approximate surface area is 102 Å². The van der Waals surface area contributed by atoms with Crippen molar-refractivity contribution in [2.75, 3.05) is 0 Å². The van der Waals surface area contributed by atoms with Gasteiger partial charge in [-0.2, -0.15) is 9.98 Å². The summed E-state index contributed by atoms with van der Waals surface area (Å²) < 4.78 is 0. The van der Waals surface area contributed by atoms with Crippen molar-refractivity contribution in [1.82, 2.24) is 0 Å². The lowest BCUT2D eigenvalue weighted by Crippen LogP contribution is -2.51. The Morgan fingerprint density at radius 3 is 2.35 bits per heavy atom. The standard InChI is InChI=1S/C12H22N4O/c1-4-6-8(3)12(7-5-2)9(13)15-11(14)16-10(12)17/h8H,4-7H2,1-3H3,(H4,13,14,15,16,17)/t8-,12-/m1/s1. The first-order valence-corrected chi connectivity index (χ1v) is 6.22. The minimum atomic E-state index is -0.742. The number of amidine groups is 1. The average molecular weight is 238 g/mol. The average Bonchev–Trinajstić information content (AvgIpc) is 2.23. The molecule has 0 aromatic carbocycles. The smallest absolute Gasteiger partial charge is 0.263 e. The van der Waals surface area contributed by atoms with Crippen LogP contribution in [-0.2, 0) is 4.79 Å². The molecule has 1 heterocycles. The maximum Gasteiger partial charge on any atom is 0.263 e. The van der Waals surface area contributed by atoms with Crippen LogP contribution >= 0.6 is 0 Å². The van der Waals surface area contributed by atoms with Gasteiger partial charge in [-0.1, -0.05) is 33.6 Å². The molecule has 96 valence electrons. The molecule has 0 aliphatic carbocycles. The molecule has 0 saturated carbocycles. The second-order valence-electron chi connectivity index (χ2n) is 4.68. The molecular weight excluding hydrogens is 216 g/mol. The molecule has 0 aromatic rings. The first-order chi connectivity index (χ1) is 7.98. The number of hydrogen-bond acceptors (Lipinski definition) is 4. The third kappa shape index (κ3) is 2.33. The summed E-state index contributed by atoms with van der Waals surface area (Å²) in [5.41, 5.74) is 10.7. The lowest BCUT2D eigenvalue weighted by molar-refractivity contribution is -0.126. The van der Waals surface area contributed by atoms with Crippen molar-refractivity contribution in [2.45, 2.75) is 46.5 Å². The molecule has 0 fully saturated rings. The Morgan fingerprint density at radius 1 is 1.24 bits per heavy atom. The number of rotatable bonds is 5. The first kappa shape index (κ1) is 13.7. The Kier molecular flexibility index (Phi) is 4.26. The number of carbonyl (C=O) groups is 1. The molecule has 0 bridgehead atoms. The Bertz CT molecular complexity index is 362. The summed E-state index contributed by atoms with van der Waals surface area (Å²) in [6.45, 7) is 6.16. The zero-order valence-electron chi connectivity index (χ0n) is 10.9. The van der Waals surface area contributed by atoms with E-state index in [1.165, 1.54) is 0 Å². The van der Waals surface area contributed by atoms with Gasteiger partial charge in [0.25, 0.3) is 5.91 Å². The van der Waals surface area contributed by atoms with Gasteiger partial charge < -0.3 is 11.5 Å². The summed E-state index contributed by atoms with van der Waals surface area (Å²) >= 11 is 0. The highest BCUT2D eigenvalue weighted by Gasteiger charge is 2.47. The van der Waals surface area contributed by atoms with E-state index in [9.17, 15) is 4.79 Å². The largest absolute Gasteiger partial charge is 0.386 e. The molecule has 5 heteroatoms. The molecule has 5 nitrogen and oxygen atoms in total. The Morgan fingerprint density at radius 2 is 1.88 bits per heavy atom. The predicted molar refractivity (Wildman–Crippen MR) is 69.7 cm³/mol. The van der Waals surface area contributed by atoms with Crippen molar-refractivity contribution < 1.29 is 4.79 Å². The number of guanidine groups is 1. The molecular formula is C12H22N4O. The van der Waals surface area contributed by atoms with Gasteiger partial charge in [-0.25, -0.2) is 0 Å². The normalized spacial score (nSPS) is 26.4. The van der Waals surface area contributed by atoms with E-state index < -0.39 is 5.41 Å². The van der Waals surface area contributed by atoms with Gasteiger partial charge in [0.1, 0.15) is 11.3 Å². The van der Waals surface area contributed by atoms with Crippen molar-refractivity contribution in [2.24, 2.45) is 32.8 Å². The van der Waals surface area contributed by atoms with Crippen molar-refractivity contribution in [3.8, 4) is 0 Å². The highest BCUT2D eigenvalue weighted by molar-refractivity contribution is 6.17. The van der Waals surface area contributed by atoms with Crippen LogP contribution in [0.5, 0.6) is 0 Å². The van der Waals surface area contributed by atoms with Gasteiger partial charge >= 0.3 is 0 Å². The zero-order chi connectivity index (χ0) is 13.1. The summed E-state index contributed by atoms with van der Waals surface area (Å²) in [5.74, 6) is 0.214. The molecule has 0 spiro atoms. The highest BCUT2D eigenvalue weighted by Crippen LogP contribution is 2.39. The summed E-state index contributed by atoms with van der Waals surface area (Å²) in [6.07, 6.45) is 3.48. The quantitative estimate of drug-likeness (QED) is 0.758. The second-order valence-corrected chi connectivity index (χ2v) is 4.68. The van der Waals surface area contributed by atoms with Gasteiger partial charge in [0.15, 0.2) is 0 Å². The topological polar surface area (TPSA) is 93.8 Å². The minimum absolute atomic E-state index is 0.0251. The second kappa shape index (κ2) is 5.29. The molecule has 1 amide bonds. The van der Waals surface area contributed by atoms with Crippen LogP contribution < -0.4 is 11.5 Å². The fraction of sp³-hybridized carbons (Fsp3) is 0.750. The lowest BCUT2D eigenvalue weighted by atomic mass is 9.69. The third-order valence-corrected chi connectivity index (χ3v) is 3.50. The van der Waals surface area contributed by atoms with Gasteiger partial charge in [0, 0.05) is 0 Å². The van der Waals surface area contributed by atoms with E-state index in [1.807, 2.05) is 13.8 Å². The van der Waals surface area contributed by atoms with Gasteiger partial charge in [0.2, 0.25) is 5.96 Å². The molecule has 17 heavy (non-hydrogen) atoms. The Balaban J connectivity index is 3.15. The molecule has 0 aromatic heterocycles. The minimum Gasteiger partial charge on any atom is -0.386 e. The van der Waals surface area contributed by atoms with Gasteiger partial charge in [-0.15, -0.1) is 0 Å². The number of nitrogens with zero attached hydrogens (tertiary/aromatic N) is 2. The van der Waals surface area contributed by atoms with Gasteiger partial charge in [-0.3, -0.25) is 4.79 Å².